The molecule has 6 nitrogen and oxygen atoms in total. The van der Waals surface area contributed by atoms with E-state index < -0.39 is 5.97 Å². The lowest BCUT2D eigenvalue weighted by Crippen LogP contribution is -2.08. The van der Waals surface area contributed by atoms with Gasteiger partial charge in [0.2, 0.25) is 0 Å². The normalized spacial score (nSPS) is 10.8. The highest BCUT2D eigenvalue weighted by Crippen LogP contribution is 2.11. The van der Waals surface area contributed by atoms with Crippen LogP contribution in [0.1, 0.15) is 44.0 Å². The standard InChI is InChI=1S/C12H21N3O3/c1-2-6-11-10(9-12(17)18)13-14-15(11)7-4-3-5-8-16/h16H,2-9H2,1H3,(H,17,18). The van der Waals surface area contributed by atoms with E-state index in [-0.39, 0.29) is 13.0 Å². The second-order valence-electron chi connectivity index (χ2n) is 4.31. The molecule has 1 aromatic heterocycles. The van der Waals surface area contributed by atoms with E-state index in [1.807, 2.05) is 6.92 Å². The Morgan fingerprint density at radius 3 is 2.72 bits per heavy atom. The van der Waals surface area contributed by atoms with Crippen LogP contribution in [0.4, 0.5) is 0 Å². The summed E-state index contributed by atoms with van der Waals surface area (Å²) in [4.78, 5) is 10.7. The molecule has 18 heavy (non-hydrogen) atoms. The highest BCUT2D eigenvalue weighted by Gasteiger charge is 2.14. The predicted molar refractivity (Wildman–Crippen MR) is 66.3 cm³/mol. The van der Waals surface area contributed by atoms with Gasteiger partial charge in [0.25, 0.3) is 0 Å². The quantitative estimate of drug-likeness (QED) is 0.643. The molecular formula is C12H21N3O3. The lowest BCUT2D eigenvalue weighted by atomic mass is 10.1. The van der Waals surface area contributed by atoms with Crippen LogP contribution in [0, 0.1) is 0 Å². The Labute approximate surface area is 107 Å². The molecule has 0 fully saturated rings. The molecule has 0 aromatic carbocycles. The fourth-order valence-corrected chi connectivity index (χ4v) is 1.89. The summed E-state index contributed by atoms with van der Waals surface area (Å²) >= 11 is 0. The molecular weight excluding hydrogens is 234 g/mol. The van der Waals surface area contributed by atoms with E-state index in [9.17, 15) is 4.79 Å². The first-order valence-corrected chi connectivity index (χ1v) is 6.43. The molecule has 0 radical (unpaired) electrons. The van der Waals surface area contributed by atoms with Gasteiger partial charge in [0.05, 0.1) is 17.8 Å². The van der Waals surface area contributed by atoms with Gasteiger partial charge in [0.1, 0.15) is 0 Å². The van der Waals surface area contributed by atoms with Crippen molar-refractivity contribution in [2.75, 3.05) is 6.61 Å². The van der Waals surface area contributed by atoms with E-state index in [4.69, 9.17) is 10.2 Å². The molecule has 1 heterocycles. The number of unbranched alkanes of at least 4 members (excludes halogenated alkanes) is 2. The Kier molecular flexibility index (Phi) is 6.35. The maximum Gasteiger partial charge on any atom is 0.309 e. The third-order valence-corrected chi connectivity index (χ3v) is 2.75. The molecule has 0 unspecified atom stereocenters. The zero-order valence-corrected chi connectivity index (χ0v) is 10.8. The van der Waals surface area contributed by atoms with E-state index in [1.165, 1.54) is 0 Å². The molecule has 0 atom stereocenters. The first-order valence-electron chi connectivity index (χ1n) is 6.43. The topological polar surface area (TPSA) is 88.2 Å². The number of aliphatic carboxylic acids is 1. The lowest BCUT2D eigenvalue weighted by Gasteiger charge is -2.06. The first-order chi connectivity index (χ1) is 8.69. The van der Waals surface area contributed by atoms with Crippen molar-refractivity contribution in [1.29, 1.82) is 0 Å². The molecule has 6 heteroatoms. The van der Waals surface area contributed by atoms with Crippen molar-refractivity contribution in [1.82, 2.24) is 15.0 Å². The minimum atomic E-state index is -0.875. The average Bonchev–Trinajstić information content (AvgIpc) is 2.68. The van der Waals surface area contributed by atoms with Crippen LogP contribution in [0.15, 0.2) is 0 Å². The van der Waals surface area contributed by atoms with E-state index in [0.29, 0.717) is 5.69 Å². The molecule has 2 N–H and O–H groups in total. The molecule has 0 saturated heterocycles. The van der Waals surface area contributed by atoms with E-state index in [0.717, 1.165) is 44.3 Å². The summed E-state index contributed by atoms with van der Waals surface area (Å²) in [7, 11) is 0. The number of rotatable bonds is 9. The Balaban J connectivity index is 2.65. The van der Waals surface area contributed by atoms with Crippen molar-refractivity contribution < 1.29 is 15.0 Å². The SMILES string of the molecule is CCCc1c(CC(=O)O)nnn1CCCCCO. The third kappa shape index (κ3) is 4.44. The maximum absolute atomic E-state index is 10.7. The summed E-state index contributed by atoms with van der Waals surface area (Å²) in [6.45, 7) is 3.00. The number of hydrogen-bond donors (Lipinski definition) is 2. The third-order valence-electron chi connectivity index (χ3n) is 2.75. The van der Waals surface area contributed by atoms with Gasteiger partial charge < -0.3 is 10.2 Å². The molecule has 0 aliphatic rings. The van der Waals surface area contributed by atoms with Crippen molar-refractivity contribution >= 4 is 5.97 Å². The van der Waals surface area contributed by atoms with Crippen molar-refractivity contribution in [3.8, 4) is 0 Å². The summed E-state index contributed by atoms with van der Waals surface area (Å²) in [6, 6.07) is 0. The van der Waals surface area contributed by atoms with Crippen LogP contribution >= 0.6 is 0 Å². The molecule has 0 aliphatic heterocycles. The largest absolute Gasteiger partial charge is 0.481 e. The number of hydrogen-bond acceptors (Lipinski definition) is 4. The van der Waals surface area contributed by atoms with Crippen molar-refractivity contribution in [3.63, 3.8) is 0 Å². The monoisotopic (exact) mass is 255 g/mol. The Morgan fingerprint density at radius 1 is 1.33 bits per heavy atom. The van der Waals surface area contributed by atoms with Crippen LogP contribution in [-0.2, 0) is 24.2 Å². The van der Waals surface area contributed by atoms with Crippen LogP contribution in [0.25, 0.3) is 0 Å². The summed E-state index contributed by atoms with van der Waals surface area (Å²) in [5.41, 5.74) is 1.51. The summed E-state index contributed by atoms with van der Waals surface area (Å²) in [6.07, 6.45) is 4.33. The van der Waals surface area contributed by atoms with Gasteiger partial charge in [0.15, 0.2) is 0 Å². The van der Waals surface area contributed by atoms with Gasteiger partial charge in [-0.05, 0) is 25.7 Å². The minimum absolute atomic E-state index is 0.0635. The predicted octanol–water partition coefficient (Wildman–Crippen LogP) is 1.02. The Morgan fingerprint density at radius 2 is 2.11 bits per heavy atom. The highest BCUT2D eigenvalue weighted by atomic mass is 16.4. The number of aliphatic hydroxyl groups is 1. The first kappa shape index (κ1) is 14.6. The smallest absolute Gasteiger partial charge is 0.309 e. The van der Waals surface area contributed by atoms with Crippen LogP contribution in [0.5, 0.6) is 0 Å². The number of carbonyl (C=O) groups is 1. The van der Waals surface area contributed by atoms with Crippen molar-refractivity contribution in [2.24, 2.45) is 0 Å². The van der Waals surface area contributed by atoms with E-state index >= 15 is 0 Å². The number of aliphatic hydroxyl groups excluding tert-OH is 1. The Bertz CT molecular complexity index is 377. The van der Waals surface area contributed by atoms with Crippen LogP contribution in [0.3, 0.4) is 0 Å². The average molecular weight is 255 g/mol. The number of nitrogens with zero attached hydrogens (tertiary/aromatic N) is 3. The Hall–Kier alpha value is -1.43. The molecule has 102 valence electrons. The highest BCUT2D eigenvalue weighted by molar-refractivity contribution is 5.69. The van der Waals surface area contributed by atoms with Crippen molar-refractivity contribution in [3.05, 3.63) is 11.4 Å². The molecule has 0 bridgehead atoms. The molecule has 1 aromatic rings. The second kappa shape index (κ2) is 7.81. The summed E-state index contributed by atoms with van der Waals surface area (Å²) < 4.78 is 1.80. The van der Waals surface area contributed by atoms with Gasteiger partial charge >= 0.3 is 5.97 Å². The summed E-state index contributed by atoms with van der Waals surface area (Å²) in [5.74, 6) is -0.875. The van der Waals surface area contributed by atoms with Crippen molar-refractivity contribution in [2.45, 2.75) is 52.0 Å². The van der Waals surface area contributed by atoms with E-state index in [2.05, 4.69) is 10.3 Å². The zero-order chi connectivity index (χ0) is 13.4. The van der Waals surface area contributed by atoms with Gasteiger partial charge in [-0.1, -0.05) is 18.6 Å². The van der Waals surface area contributed by atoms with Gasteiger partial charge in [-0.15, -0.1) is 5.10 Å². The van der Waals surface area contributed by atoms with Crippen LogP contribution in [0.2, 0.25) is 0 Å². The minimum Gasteiger partial charge on any atom is -0.481 e. The molecule has 0 amide bonds. The number of aryl methyl sites for hydroxylation is 1. The lowest BCUT2D eigenvalue weighted by molar-refractivity contribution is -0.136. The second-order valence-corrected chi connectivity index (χ2v) is 4.31. The molecule has 1 rings (SSSR count). The fraction of sp³-hybridized carbons (Fsp3) is 0.750. The van der Waals surface area contributed by atoms with Gasteiger partial charge in [-0.2, -0.15) is 0 Å². The molecule has 0 aliphatic carbocycles. The number of aromatic nitrogens is 3. The molecule has 0 saturated carbocycles. The van der Waals surface area contributed by atoms with Crippen LogP contribution in [-0.4, -0.2) is 37.8 Å². The van der Waals surface area contributed by atoms with E-state index in [1.54, 1.807) is 4.68 Å². The summed E-state index contributed by atoms with van der Waals surface area (Å²) in [5, 5.41) is 25.5. The van der Waals surface area contributed by atoms with Gasteiger partial charge in [-0.25, -0.2) is 4.68 Å². The fourth-order valence-electron chi connectivity index (χ4n) is 1.89. The zero-order valence-electron chi connectivity index (χ0n) is 10.8. The number of carboxylic acid groups (broad SMARTS) is 1. The maximum atomic E-state index is 10.7. The molecule has 0 spiro atoms. The van der Waals surface area contributed by atoms with Gasteiger partial charge in [0, 0.05) is 13.2 Å². The van der Waals surface area contributed by atoms with Gasteiger partial charge in [-0.3, -0.25) is 4.79 Å². The van der Waals surface area contributed by atoms with Crippen LogP contribution < -0.4 is 0 Å². The number of carboxylic acids is 1.